The zero-order chi connectivity index (χ0) is 18.8. The standard InChI is InChI=1S/C21H21N3O2S/c1-23-10-12-24(13-11-23)21(26)16-8-6-15(7-9-16)14-19-20(25)22-17-4-2-3-5-18(17)27-19/h2-9,14H,10-13H2,1H3,(H,22,25)/p+1. The number of nitrogens with zero attached hydrogens (tertiary/aromatic N) is 1. The maximum Gasteiger partial charge on any atom is 0.262 e. The Morgan fingerprint density at radius 2 is 1.81 bits per heavy atom. The van der Waals surface area contributed by atoms with E-state index >= 15 is 0 Å². The lowest BCUT2D eigenvalue weighted by Gasteiger charge is -2.30. The van der Waals surface area contributed by atoms with E-state index in [2.05, 4.69) is 12.4 Å². The van der Waals surface area contributed by atoms with Crippen molar-refractivity contribution in [2.45, 2.75) is 4.90 Å². The van der Waals surface area contributed by atoms with Gasteiger partial charge in [0.1, 0.15) is 0 Å². The zero-order valence-electron chi connectivity index (χ0n) is 15.2. The van der Waals surface area contributed by atoms with Gasteiger partial charge in [0.15, 0.2) is 0 Å². The number of hydrogen-bond acceptors (Lipinski definition) is 3. The van der Waals surface area contributed by atoms with Gasteiger partial charge < -0.3 is 15.1 Å². The van der Waals surface area contributed by atoms with Crippen molar-refractivity contribution >= 4 is 35.3 Å². The molecule has 0 atom stereocenters. The minimum absolute atomic E-state index is 0.0837. The van der Waals surface area contributed by atoms with Crippen LogP contribution in [-0.2, 0) is 4.79 Å². The number of carbonyl (C=O) groups is 2. The average molecular weight is 380 g/mol. The van der Waals surface area contributed by atoms with Crippen LogP contribution in [0.4, 0.5) is 5.69 Å². The fraction of sp³-hybridized carbons (Fsp3) is 0.238. The largest absolute Gasteiger partial charge is 0.334 e. The van der Waals surface area contributed by atoms with Crippen LogP contribution in [0.5, 0.6) is 0 Å². The predicted molar refractivity (Wildman–Crippen MR) is 108 cm³/mol. The number of anilines is 1. The molecule has 2 heterocycles. The second kappa shape index (κ2) is 7.58. The van der Waals surface area contributed by atoms with Crippen molar-refractivity contribution in [3.63, 3.8) is 0 Å². The van der Waals surface area contributed by atoms with Gasteiger partial charge in [0.2, 0.25) is 0 Å². The van der Waals surface area contributed by atoms with Crippen LogP contribution in [0.3, 0.4) is 0 Å². The van der Waals surface area contributed by atoms with E-state index in [1.54, 1.807) is 0 Å². The number of quaternary nitrogens is 1. The molecule has 0 aromatic heterocycles. The van der Waals surface area contributed by atoms with Gasteiger partial charge in [-0.25, -0.2) is 0 Å². The van der Waals surface area contributed by atoms with Gasteiger partial charge in [-0.1, -0.05) is 36.0 Å². The molecule has 1 saturated heterocycles. The van der Waals surface area contributed by atoms with E-state index in [0.717, 1.165) is 42.3 Å². The van der Waals surface area contributed by atoms with E-state index in [9.17, 15) is 9.59 Å². The molecule has 0 saturated carbocycles. The number of fused-ring (bicyclic) bond motifs is 1. The third-order valence-corrected chi connectivity index (χ3v) is 6.04. The van der Waals surface area contributed by atoms with Crippen LogP contribution in [0, 0.1) is 0 Å². The van der Waals surface area contributed by atoms with E-state index in [0.29, 0.717) is 10.5 Å². The summed E-state index contributed by atoms with van der Waals surface area (Å²) in [7, 11) is 2.15. The van der Waals surface area contributed by atoms with Gasteiger partial charge in [-0.3, -0.25) is 9.59 Å². The van der Waals surface area contributed by atoms with Gasteiger partial charge in [0, 0.05) is 10.5 Å². The van der Waals surface area contributed by atoms with Crippen molar-refractivity contribution in [3.8, 4) is 0 Å². The molecule has 2 N–H and O–H groups in total. The highest BCUT2D eigenvalue weighted by Gasteiger charge is 2.23. The molecule has 2 aromatic carbocycles. The first kappa shape index (κ1) is 17.8. The number of benzene rings is 2. The first-order valence-electron chi connectivity index (χ1n) is 9.11. The third kappa shape index (κ3) is 3.91. The molecule has 2 amide bonds. The SMILES string of the molecule is C[NH+]1CCN(C(=O)c2ccc(C=C3Sc4ccccc4NC3=O)cc2)CC1. The molecule has 1 fully saturated rings. The molecule has 5 nitrogen and oxygen atoms in total. The molecule has 4 rings (SSSR count). The molecular weight excluding hydrogens is 358 g/mol. The maximum atomic E-state index is 12.6. The number of para-hydroxylation sites is 1. The first-order valence-corrected chi connectivity index (χ1v) is 9.92. The summed E-state index contributed by atoms with van der Waals surface area (Å²) in [5, 5.41) is 2.92. The zero-order valence-corrected chi connectivity index (χ0v) is 16.0. The Balaban J connectivity index is 1.49. The monoisotopic (exact) mass is 380 g/mol. The summed E-state index contributed by atoms with van der Waals surface area (Å²) in [5.41, 5.74) is 2.45. The summed E-state index contributed by atoms with van der Waals surface area (Å²) in [6, 6.07) is 15.3. The second-order valence-corrected chi connectivity index (χ2v) is 8.02. The quantitative estimate of drug-likeness (QED) is 0.781. The molecule has 0 bridgehead atoms. The third-order valence-electron chi connectivity index (χ3n) is 4.94. The molecule has 2 aliphatic rings. The average Bonchev–Trinajstić information content (AvgIpc) is 2.69. The highest BCUT2D eigenvalue weighted by Crippen LogP contribution is 2.38. The number of piperazine rings is 1. The molecule has 27 heavy (non-hydrogen) atoms. The number of amides is 2. The van der Waals surface area contributed by atoms with Gasteiger partial charge in [-0.15, -0.1) is 0 Å². The van der Waals surface area contributed by atoms with Crippen molar-refractivity contribution in [1.82, 2.24) is 4.90 Å². The van der Waals surface area contributed by atoms with E-state index in [4.69, 9.17) is 0 Å². The minimum Gasteiger partial charge on any atom is -0.334 e. The number of carbonyl (C=O) groups excluding carboxylic acids is 2. The molecule has 6 heteroatoms. The lowest BCUT2D eigenvalue weighted by molar-refractivity contribution is -0.883. The fourth-order valence-electron chi connectivity index (χ4n) is 3.25. The Kier molecular flexibility index (Phi) is 5.01. The van der Waals surface area contributed by atoms with Crippen molar-refractivity contribution in [1.29, 1.82) is 0 Å². The number of hydrogen-bond donors (Lipinski definition) is 2. The Labute approximate surface area is 163 Å². The summed E-state index contributed by atoms with van der Waals surface area (Å²) in [6.07, 6.45) is 1.86. The number of nitrogens with one attached hydrogen (secondary N) is 2. The van der Waals surface area contributed by atoms with Crippen LogP contribution >= 0.6 is 11.8 Å². The number of rotatable bonds is 2. The summed E-state index contributed by atoms with van der Waals surface area (Å²) < 4.78 is 0. The molecule has 0 aliphatic carbocycles. The minimum atomic E-state index is -0.0983. The van der Waals surface area contributed by atoms with Gasteiger partial charge >= 0.3 is 0 Å². The predicted octanol–water partition coefficient (Wildman–Crippen LogP) is 1.74. The van der Waals surface area contributed by atoms with Gasteiger partial charge in [0.25, 0.3) is 11.8 Å². The molecule has 0 unspecified atom stereocenters. The second-order valence-electron chi connectivity index (χ2n) is 6.93. The molecule has 0 radical (unpaired) electrons. The molecule has 2 aliphatic heterocycles. The van der Waals surface area contributed by atoms with Gasteiger partial charge in [-0.05, 0) is 35.9 Å². The van der Waals surface area contributed by atoms with E-state index in [1.807, 2.05) is 59.5 Å². The van der Waals surface area contributed by atoms with Crippen LogP contribution in [0.25, 0.3) is 6.08 Å². The van der Waals surface area contributed by atoms with E-state index < -0.39 is 0 Å². The molecule has 138 valence electrons. The van der Waals surface area contributed by atoms with Crippen LogP contribution in [0.15, 0.2) is 58.3 Å². The van der Waals surface area contributed by atoms with Crippen molar-refractivity contribution in [2.24, 2.45) is 0 Å². The number of likely N-dealkylation sites (N-methyl/N-ethyl adjacent to an activating group) is 1. The first-order chi connectivity index (χ1) is 13.1. The highest BCUT2D eigenvalue weighted by molar-refractivity contribution is 8.04. The smallest absolute Gasteiger partial charge is 0.262 e. The molecule has 0 spiro atoms. The normalized spacial score (nSPS) is 18.9. The van der Waals surface area contributed by atoms with Crippen LogP contribution in [-0.4, -0.2) is 49.9 Å². The Bertz CT molecular complexity index is 900. The van der Waals surface area contributed by atoms with Gasteiger partial charge in [-0.2, -0.15) is 0 Å². The number of thioether (sulfide) groups is 1. The van der Waals surface area contributed by atoms with Crippen molar-refractivity contribution < 1.29 is 14.5 Å². The van der Waals surface area contributed by atoms with E-state index in [1.165, 1.54) is 16.7 Å². The molecular formula is C21H22N3O2S+. The van der Waals surface area contributed by atoms with E-state index in [-0.39, 0.29) is 11.8 Å². The van der Waals surface area contributed by atoms with Crippen LogP contribution < -0.4 is 10.2 Å². The summed E-state index contributed by atoms with van der Waals surface area (Å²) in [5.74, 6) is -0.0146. The summed E-state index contributed by atoms with van der Waals surface area (Å²) in [6.45, 7) is 3.58. The Morgan fingerprint density at radius 3 is 2.56 bits per heavy atom. The van der Waals surface area contributed by atoms with Gasteiger partial charge in [0.05, 0.1) is 43.8 Å². The van der Waals surface area contributed by atoms with Crippen molar-refractivity contribution in [2.75, 3.05) is 38.5 Å². The molecule has 2 aromatic rings. The fourth-order valence-corrected chi connectivity index (χ4v) is 4.20. The Morgan fingerprint density at radius 1 is 1.11 bits per heavy atom. The lowest BCUT2D eigenvalue weighted by atomic mass is 10.1. The van der Waals surface area contributed by atoms with Crippen molar-refractivity contribution in [3.05, 3.63) is 64.6 Å². The Hall–Kier alpha value is -2.57. The summed E-state index contributed by atoms with van der Waals surface area (Å²) in [4.78, 5) is 30.0. The van der Waals surface area contributed by atoms with Crippen LogP contribution in [0.2, 0.25) is 0 Å². The lowest BCUT2D eigenvalue weighted by Crippen LogP contribution is -3.12. The van der Waals surface area contributed by atoms with Crippen LogP contribution in [0.1, 0.15) is 15.9 Å². The summed E-state index contributed by atoms with van der Waals surface area (Å²) >= 11 is 1.46. The topological polar surface area (TPSA) is 53.9 Å². The maximum absolute atomic E-state index is 12.6. The highest BCUT2D eigenvalue weighted by atomic mass is 32.2.